The Morgan fingerprint density at radius 2 is 1.77 bits per heavy atom. The molecule has 2 heterocycles. The standard InChI is InChI=1S/C22H22ClN5O2S/c1-13-5-3-6-14(2)18(13)24-22(30)28-12-4-7-17(28)19(29)25-21-27-26-20(31-21)15-8-10-16(23)11-9-15/h3,5-6,8-11,17H,4,7,12H2,1-2H3,(H,24,30)(H,25,27,29). The average Bonchev–Trinajstić information content (AvgIpc) is 3.41. The van der Waals surface area contributed by atoms with Crippen LogP contribution in [-0.4, -0.2) is 39.6 Å². The lowest BCUT2D eigenvalue weighted by Crippen LogP contribution is -2.45. The molecule has 4 rings (SSSR count). The molecular weight excluding hydrogens is 434 g/mol. The van der Waals surface area contributed by atoms with Crippen molar-refractivity contribution in [3.8, 4) is 10.6 Å². The number of aromatic nitrogens is 2. The maximum Gasteiger partial charge on any atom is 0.322 e. The molecule has 1 aliphatic rings. The zero-order valence-electron chi connectivity index (χ0n) is 17.2. The summed E-state index contributed by atoms with van der Waals surface area (Å²) in [6, 6.07) is 12.3. The van der Waals surface area contributed by atoms with Crippen molar-refractivity contribution in [3.63, 3.8) is 0 Å². The molecule has 3 amide bonds. The minimum Gasteiger partial charge on any atom is -0.312 e. The summed E-state index contributed by atoms with van der Waals surface area (Å²) < 4.78 is 0. The molecule has 3 aromatic rings. The highest BCUT2D eigenvalue weighted by Gasteiger charge is 2.35. The fourth-order valence-electron chi connectivity index (χ4n) is 3.64. The first-order chi connectivity index (χ1) is 14.9. The molecule has 1 saturated heterocycles. The number of likely N-dealkylation sites (tertiary alicyclic amines) is 1. The number of benzene rings is 2. The van der Waals surface area contributed by atoms with Crippen LogP contribution in [-0.2, 0) is 4.79 Å². The van der Waals surface area contributed by atoms with Gasteiger partial charge >= 0.3 is 6.03 Å². The highest BCUT2D eigenvalue weighted by molar-refractivity contribution is 7.18. The van der Waals surface area contributed by atoms with Crippen molar-refractivity contribution in [2.75, 3.05) is 17.2 Å². The first kappa shape index (κ1) is 21.3. The van der Waals surface area contributed by atoms with Gasteiger partial charge in [-0.15, -0.1) is 10.2 Å². The Morgan fingerprint density at radius 1 is 1.06 bits per heavy atom. The molecular formula is C22H22ClN5O2S. The Kier molecular flexibility index (Phi) is 6.20. The summed E-state index contributed by atoms with van der Waals surface area (Å²) in [5.74, 6) is -0.257. The van der Waals surface area contributed by atoms with E-state index in [9.17, 15) is 9.59 Å². The van der Waals surface area contributed by atoms with Gasteiger partial charge in [-0.25, -0.2) is 4.79 Å². The van der Waals surface area contributed by atoms with Crippen molar-refractivity contribution in [3.05, 3.63) is 58.6 Å². The molecule has 160 valence electrons. The number of urea groups is 1. The lowest BCUT2D eigenvalue weighted by molar-refractivity contribution is -0.119. The van der Waals surface area contributed by atoms with Crippen molar-refractivity contribution in [2.45, 2.75) is 32.7 Å². The van der Waals surface area contributed by atoms with Gasteiger partial charge in [-0.05, 0) is 49.9 Å². The zero-order valence-corrected chi connectivity index (χ0v) is 18.8. The quantitative estimate of drug-likeness (QED) is 0.572. The van der Waals surface area contributed by atoms with E-state index in [0.29, 0.717) is 28.1 Å². The van der Waals surface area contributed by atoms with Crippen LogP contribution >= 0.6 is 22.9 Å². The molecule has 1 unspecified atom stereocenters. The molecule has 9 heteroatoms. The third kappa shape index (κ3) is 4.70. The van der Waals surface area contributed by atoms with E-state index in [1.165, 1.54) is 11.3 Å². The number of anilines is 2. The van der Waals surface area contributed by atoms with Crippen LogP contribution in [0, 0.1) is 13.8 Å². The molecule has 1 aliphatic heterocycles. The molecule has 0 radical (unpaired) electrons. The average molecular weight is 456 g/mol. The fourth-order valence-corrected chi connectivity index (χ4v) is 4.52. The van der Waals surface area contributed by atoms with E-state index in [0.717, 1.165) is 28.8 Å². The van der Waals surface area contributed by atoms with Gasteiger partial charge in [0, 0.05) is 22.8 Å². The highest BCUT2D eigenvalue weighted by Crippen LogP contribution is 2.28. The summed E-state index contributed by atoms with van der Waals surface area (Å²) in [6.07, 6.45) is 1.37. The van der Waals surface area contributed by atoms with Crippen LogP contribution in [0.5, 0.6) is 0 Å². The van der Waals surface area contributed by atoms with Crippen LogP contribution in [0.1, 0.15) is 24.0 Å². The molecule has 0 spiro atoms. The maximum absolute atomic E-state index is 12.9. The largest absolute Gasteiger partial charge is 0.322 e. The smallest absolute Gasteiger partial charge is 0.312 e. The van der Waals surface area contributed by atoms with Crippen molar-refractivity contribution >= 4 is 45.7 Å². The molecule has 1 atom stereocenters. The van der Waals surface area contributed by atoms with Gasteiger partial charge in [0.2, 0.25) is 11.0 Å². The number of para-hydroxylation sites is 1. The van der Waals surface area contributed by atoms with Crippen LogP contribution in [0.15, 0.2) is 42.5 Å². The summed E-state index contributed by atoms with van der Waals surface area (Å²) in [6.45, 7) is 4.43. The van der Waals surface area contributed by atoms with E-state index in [1.807, 2.05) is 44.2 Å². The van der Waals surface area contributed by atoms with Gasteiger partial charge in [-0.1, -0.05) is 53.3 Å². The van der Waals surface area contributed by atoms with E-state index in [1.54, 1.807) is 17.0 Å². The molecule has 31 heavy (non-hydrogen) atoms. The first-order valence-electron chi connectivity index (χ1n) is 9.96. The second-order valence-corrected chi connectivity index (χ2v) is 8.87. The maximum atomic E-state index is 12.9. The SMILES string of the molecule is Cc1cccc(C)c1NC(=O)N1CCCC1C(=O)Nc1nnc(-c2ccc(Cl)cc2)s1. The van der Waals surface area contributed by atoms with Gasteiger partial charge in [0.1, 0.15) is 11.0 Å². The summed E-state index contributed by atoms with van der Waals surface area (Å²) >= 11 is 7.21. The minimum absolute atomic E-state index is 0.257. The molecule has 1 aromatic heterocycles. The Labute approximate surface area is 189 Å². The Morgan fingerprint density at radius 3 is 2.48 bits per heavy atom. The van der Waals surface area contributed by atoms with Crippen molar-refractivity contribution in [1.82, 2.24) is 15.1 Å². The van der Waals surface area contributed by atoms with E-state index >= 15 is 0 Å². The Hall–Kier alpha value is -2.97. The van der Waals surface area contributed by atoms with Gasteiger partial charge in [0.05, 0.1) is 0 Å². The van der Waals surface area contributed by atoms with Gasteiger partial charge in [-0.3, -0.25) is 10.1 Å². The monoisotopic (exact) mass is 455 g/mol. The van der Waals surface area contributed by atoms with Gasteiger partial charge in [0.15, 0.2) is 0 Å². The molecule has 0 aliphatic carbocycles. The van der Waals surface area contributed by atoms with Crippen LogP contribution in [0.2, 0.25) is 5.02 Å². The number of carbonyl (C=O) groups excluding carboxylic acids is 2. The first-order valence-corrected chi connectivity index (χ1v) is 11.2. The minimum atomic E-state index is -0.549. The Balaban J connectivity index is 1.43. The number of carbonyl (C=O) groups is 2. The van der Waals surface area contributed by atoms with Crippen molar-refractivity contribution in [1.29, 1.82) is 0 Å². The number of hydrogen-bond acceptors (Lipinski definition) is 5. The van der Waals surface area contributed by atoms with Crippen LogP contribution in [0.25, 0.3) is 10.6 Å². The predicted molar refractivity (Wildman–Crippen MR) is 124 cm³/mol. The van der Waals surface area contributed by atoms with Crippen LogP contribution in [0.4, 0.5) is 15.6 Å². The number of nitrogens with one attached hydrogen (secondary N) is 2. The third-order valence-corrected chi connectivity index (χ3v) is 6.42. The van der Waals surface area contributed by atoms with E-state index < -0.39 is 6.04 Å². The van der Waals surface area contributed by atoms with Crippen LogP contribution < -0.4 is 10.6 Å². The zero-order chi connectivity index (χ0) is 22.0. The molecule has 1 fully saturated rings. The van der Waals surface area contributed by atoms with Crippen molar-refractivity contribution in [2.24, 2.45) is 0 Å². The fraction of sp³-hybridized carbons (Fsp3) is 0.273. The van der Waals surface area contributed by atoms with Gasteiger partial charge in [-0.2, -0.15) is 0 Å². The second kappa shape index (κ2) is 9.03. The van der Waals surface area contributed by atoms with Crippen molar-refractivity contribution < 1.29 is 9.59 Å². The molecule has 2 N–H and O–H groups in total. The van der Waals surface area contributed by atoms with E-state index in [4.69, 9.17) is 11.6 Å². The topological polar surface area (TPSA) is 87.2 Å². The summed E-state index contributed by atoms with van der Waals surface area (Å²) in [5, 5.41) is 15.7. The normalized spacial score (nSPS) is 15.7. The molecule has 2 aromatic carbocycles. The molecule has 0 bridgehead atoms. The summed E-state index contributed by atoms with van der Waals surface area (Å²) in [7, 11) is 0. The second-order valence-electron chi connectivity index (χ2n) is 7.46. The summed E-state index contributed by atoms with van der Waals surface area (Å²) in [4.78, 5) is 27.4. The molecule has 0 saturated carbocycles. The van der Waals surface area contributed by atoms with E-state index in [-0.39, 0.29) is 11.9 Å². The van der Waals surface area contributed by atoms with Gasteiger partial charge in [0.25, 0.3) is 0 Å². The third-order valence-electron chi connectivity index (χ3n) is 5.28. The number of aryl methyl sites for hydroxylation is 2. The number of rotatable bonds is 4. The summed E-state index contributed by atoms with van der Waals surface area (Å²) in [5.41, 5.74) is 3.63. The van der Waals surface area contributed by atoms with Gasteiger partial charge < -0.3 is 10.2 Å². The number of amides is 3. The molecule has 7 nitrogen and oxygen atoms in total. The van der Waals surface area contributed by atoms with Crippen LogP contribution in [0.3, 0.4) is 0 Å². The lowest BCUT2D eigenvalue weighted by atomic mass is 10.1. The number of nitrogens with zero attached hydrogens (tertiary/aromatic N) is 3. The van der Waals surface area contributed by atoms with E-state index in [2.05, 4.69) is 20.8 Å². The Bertz CT molecular complexity index is 1100. The predicted octanol–water partition coefficient (Wildman–Crippen LogP) is 5.11. The number of halogens is 1. The number of hydrogen-bond donors (Lipinski definition) is 2. The highest BCUT2D eigenvalue weighted by atomic mass is 35.5. The lowest BCUT2D eigenvalue weighted by Gasteiger charge is -2.24.